The number of nitrogens with zero attached hydrogens (tertiary/aromatic N) is 2. The van der Waals surface area contributed by atoms with Crippen LogP contribution in [-0.4, -0.2) is 39.6 Å². The molecule has 7 nitrogen and oxygen atoms in total. The summed E-state index contributed by atoms with van der Waals surface area (Å²) in [5, 5.41) is 11.2. The summed E-state index contributed by atoms with van der Waals surface area (Å²) in [6.45, 7) is 0.764. The van der Waals surface area contributed by atoms with Crippen LogP contribution in [0.2, 0.25) is 0 Å². The highest BCUT2D eigenvalue weighted by atomic mass is 19.2. The molecule has 0 spiro atoms. The summed E-state index contributed by atoms with van der Waals surface area (Å²) in [7, 11) is 1.65. The Morgan fingerprint density at radius 1 is 1.17 bits per heavy atom. The van der Waals surface area contributed by atoms with Gasteiger partial charge in [0.05, 0.1) is 23.1 Å². The SMILES string of the molecule is CN(C(=O)c1ccc2cn[nH]c2c1)C1CNCc2[nH]c(=O)c3cc(F)c(F)cc3c21. The van der Waals surface area contributed by atoms with Crippen molar-refractivity contribution in [3.63, 3.8) is 0 Å². The van der Waals surface area contributed by atoms with Crippen molar-refractivity contribution in [2.45, 2.75) is 12.6 Å². The molecule has 3 N–H and O–H groups in total. The van der Waals surface area contributed by atoms with Crippen molar-refractivity contribution >= 4 is 27.6 Å². The van der Waals surface area contributed by atoms with Crippen molar-refractivity contribution in [2.75, 3.05) is 13.6 Å². The van der Waals surface area contributed by atoms with Gasteiger partial charge in [0.15, 0.2) is 11.6 Å². The van der Waals surface area contributed by atoms with Crippen LogP contribution in [0, 0.1) is 11.6 Å². The molecule has 3 heterocycles. The lowest BCUT2D eigenvalue weighted by atomic mass is 9.93. The smallest absolute Gasteiger partial charge is 0.256 e. The summed E-state index contributed by atoms with van der Waals surface area (Å²) in [6.07, 6.45) is 1.67. The molecular weight excluding hydrogens is 392 g/mol. The van der Waals surface area contributed by atoms with E-state index in [4.69, 9.17) is 0 Å². The maximum atomic E-state index is 14.0. The molecule has 1 unspecified atom stereocenters. The van der Waals surface area contributed by atoms with Gasteiger partial charge in [-0.1, -0.05) is 6.07 Å². The molecule has 2 aromatic heterocycles. The highest BCUT2D eigenvalue weighted by molar-refractivity contribution is 5.98. The quantitative estimate of drug-likeness (QED) is 0.474. The summed E-state index contributed by atoms with van der Waals surface area (Å²) < 4.78 is 27.8. The van der Waals surface area contributed by atoms with Crippen molar-refractivity contribution in [3.05, 3.63) is 75.3 Å². The number of pyridine rings is 1. The minimum atomic E-state index is -1.09. The fourth-order valence-corrected chi connectivity index (χ4v) is 4.09. The molecule has 30 heavy (non-hydrogen) atoms. The average molecular weight is 409 g/mol. The Bertz CT molecular complexity index is 1380. The third-order valence-corrected chi connectivity index (χ3v) is 5.63. The second kappa shape index (κ2) is 6.74. The number of hydrogen-bond donors (Lipinski definition) is 3. The van der Waals surface area contributed by atoms with Crippen LogP contribution in [0.25, 0.3) is 21.7 Å². The van der Waals surface area contributed by atoms with Crippen LogP contribution in [0.5, 0.6) is 0 Å². The number of aromatic amines is 2. The maximum absolute atomic E-state index is 14.0. The van der Waals surface area contributed by atoms with Crippen LogP contribution in [0.4, 0.5) is 8.78 Å². The first-order chi connectivity index (χ1) is 14.4. The number of carbonyl (C=O) groups excluding carboxylic acids is 1. The van der Waals surface area contributed by atoms with E-state index in [0.29, 0.717) is 35.3 Å². The highest BCUT2D eigenvalue weighted by Gasteiger charge is 2.30. The van der Waals surface area contributed by atoms with Crippen LogP contribution in [0.1, 0.15) is 27.7 Å². The molecule has 0 saturated heterocycles. The van der Waals surface area contributed by atoms with E-state index in [1.807, 2.05) is 0 Å². The van der Waals surface area contributed by atoms with E-state index in [2.05, 4.69) is 20.5 Å². The second-order valence-corrected chi connectivity index (χ2v) is 7.39. The summed E-state index contributed by atoms with van der Waals surface area (Å²) in [5.41, 5.74) is 1.87. The Hall–Kier alpha value is -3.59. The Kier molecular flexibility index (Phi) is 4.14. The molecule has 0 bridgehead atoms. The van der Waals surface area contributed by atoms with Gasteiger partial charge < -0.3 is 15.2 Å². The van der Waals surface area contributed by atoms with Gasteiger partial charge in [-0.05, 0) is 29.7 Å². The number of amides is 1. The molecule has 0 aliphatic carbocycles. The number of fused-ring (bicyclic) bond motifs is 4. The van der Waals surface area contributed by atoms with Crippen LogP contribution in [-0.2, 0) is 6.54 Å². The maximum Gasteiger partial charge on any atom is 0.256 e. The summed E-state index contributed by atoms with van der Waals surface area (Å²) >= 11 is 0. The zero-order valence-electron chi connectivity index (χ0n) is 15.9. The van der Waals surface area contributed by atoms with Gasteiger partial charge in [-0.3, -0.25) is 14.7 Å². The van der Waals surface area contributed by atoms with Crippen LogP contribution in [0.3, 0.4) is 0 Å². The zero-order valence-corrected chi connectivity index (χ0v) is 15.9. The van der Waals surface area contributed by atoms with Gasteiger partial charge in [-0.25, -0.2) is 8.78 Å². The van der Waals surface area contributed by atoms with Crippen molar-refractivity contribution in [3.8, 4) is 0 Å². The van der Waals surface area contributed by atoms with Gasteiger partial charge in [-0.2, -0.15) is 5.10 Å². The Morgan fingerprint density at radius 3 is 2.73 bits per heavy atom. The molecule has 4 aromatic rings. The number of rotatable bonds is 2. The monoisotopic (exact) mass is 409 g/mol. The predicted octanol–water partition coefficient (Wildman–Crippen LogP) is 2.60. The lowest BCUT2D eigenvalue weighted by molar-refractivity contribution is 0.0723. The van der Waals surface area contributed by atoms with Crippen molar-refractivity contribution in [1.29, 1.82) is 0 Å². The number of benzene rings is 2. The van der Waals surface area contributed by atoms with Gasteiger partial charge in [0.1, 0.15) is 0 Å². The third kappa shape index (κ3) is 2.78. The van der Waals surface area contributed by atoms with Crippen molar-refractivity contribution in [1.82, 2.24) is 25.4 Å². The topological polar surface area (TPSA) is 93.9 Å². The molecule has 5 rings (SSSR count). The fraction of sp³-hybridized carbons (Fsp3) is 0.190. The number of carbonyl (C=O) groups is 1. The summed E-state index contributed by atoms with van der Waals surface area (Å²) in [4.78, 5) is 29.9. The Morgan fingerprint density at radius 2 is 1.93 bits per heavy atom. The van der Waals surface area contributed by atoms with E-state index in [9.17, 15) is 18.4 Å². The molecule has 0 saturated carbocycles. The molecule has 152 valence electrons. The van der Waals surface area contributed by atoms with Gasteiger partial charge in [0, 0.05) is 42.3 Å². The van der Waals surface area contributed by atoms with E-state index >= 15 is 0 Å². The lowest BCUT2D eigenvalue weighted by Gasteiger charge is -2.34. The van der Waals surface area contributed by atoms with E-state index in [1.54, 1.807) is 36.3 Å². The highest BCUT2D eigenvalue weighted by Crippen LogP contribution is 2.32. The standard InChI is InChI=1S/C21H17F2N5O2/c1-28(21(30)10-2-3-11-7-25-27-16(11)4-10)18-9-24-8-17-19(18)12-5-14(22)15(23)6-13(12)20(29)26-17/h2-7,18,24H,8-9H2,1H3,(H,25,27)(H,26,29). The van der Waals surface area contributed by atoms with E-state index in [-0.39, 0.29) is 11.3 Å². The van der Waals surface area contributed by atoms with Crippen molar-refractivity contribution < 1.29 is 13.6 Å². The molecule has 0 fully saturated rings. The van der Waals surface area contributed by atoms with E-state index in [0.717, 1.165) is 23.0 Å². The molecule has 1 aliphatic rings. The van der Waals surface area contributed by atoms with Crippen LogP contribution >= 0.6 is 0 Å². The first kappa shape index (κ1) is 18.4. The van der Waals surface area contributed by atoms with Crippen molar-refractivity contribution in [2.24, 2.45) is 0 Å². The molecule has 9 heteroatoms. The number of hydrogen-bond acceptors (Lipinski definition) is 4. The van der Waals surface area contributed by atoms with Gasteiger partial charge in [0.25, 0.3) is 11.5 Å². The number of halogens is 2. The van der Waals surface area contributed by atoms with Crippen LogP contribution < -0.4 is 10.9 Å². The van der Waals surface area contributed by atoms with Gasteiger partial charge in [0.2, 0.25) is 0 Å². The van der Waals surface area contributed by atoms with E-state index in [1.165, 1.54) is 0 Å². The molecule has 1 aliphatic heterocycles. The number of aromatic nitrogens is 3. The van der Waals surface area contributed by atoms with Gasteiger partial charge in [-0.15, -0.1) is 0 Å². The lowest BCUT2D eigenvalue weighted by Crippen LogP contribution is -2.42. The predicted molar refractivity (Wildman–Crippen MR) is 107 cm³/mol. The normalized spacial score (nSPS) is 16.0. The molecule has 1 atom stereocenters. The first-order valence-corrected chi connectivity index (χ1v) is 9.39. The molecule has 0 radical (unpaired) electrons. The Balaban J connectivity index is 1.62. The minimum absolute atomic E-state index is 0.0549. The zero-order chi connectivity index (χ0) is 21.0. The average Bonchev–Trinajstić information content (AvgIpc) is 3.21. The Labute approximate surface area is 168 Å². The number of H-pyrrole nitrogens is 2. The van der Waals surface area contributed by atoms with E-state index < -0.39 is 23.2 Å². The fourth-order valence-electron chi connectivity index (χ4n) is 4.09. The van der Waals surface area contributed by atoms with Crippen LogP contribution in [0.15, 0.2) is 41.3 Å². The minimum Gasteiger partial charge on any atom is -0.333 e. The summed E-state index contributed by atoms with van der Waals surface area (Å²) in [5.74, 6) is -2.37. The third-order valence-electron chi connectivity index (χ3n) is 5.63. The number of likely N-dealkylation sites (N-methyl/N-ethyl adjacent to an activating group) is 1. The second-order valence-electron chi connectivity index (χ2n) is 7.39. The number of nitrogens with one attached hydrogen (secondary N) is 3. The molecule has 2 aromatic carbocycles. The first-order valence-electron chi connectivity index (χ1n) is 9.39. The summed E-state index contributed by atoms with van der Waals surface area (Å²) in [6, 6.07) is 6.69. The largest absolute Gasteiger partial charge is 0.333 e. The molecule has 1 amide bonds. The van der Waals surface area contributed by atoms with Gasteiger partial charge >= 0.3 is 0 Å². The molecular formula is C21H17F2N5O2.